The predicted molar refractivity (Wildman–Crippen MR) is 86.8 cm³/mol. The molecule has 3 nitrogen and oxygen atoms in total. The summed E-state index contributed by atoms with van der Waals surface area (Å²) < 4.78 is 7.18. The Morgan fingerprint density at radius 3 is 2.50 bits per heavy atom. The summed E-state index contributed by atoms with van der Waals surface area (Å²) in [6.45, 7) is 0.126. The minimum absolute atomic E-state index is 0.00111. The molecule has 0 aliphatic rings. The zero-order valence-electron chi connectivity index (χ0n) is 10.4. The molecule has 1 N–H and O–H groups in total. The molecule has 0 bridgehead atoms. The summed E-state index contributed by atoms with van der Waals surface area (Å²) >= 11 is 8.16. The van der Waals surface area contributed by atoms with E-state index >= 15 is 0 Å². The predicted octanol–water partition coefficient (Wildman–Crippen LogP) is 4.07. The van der Waals surface area contributed by atoms with E-state index in [2.05, 4.69) is 31.9 Å². The van der Waals surface area contributed by atoms with Gasteiger partial charge in [-0.1, -0.05) is 12.1 Å². The van der Waals surface area contributed by atoms with Crippen LogP contribution < -0.4 is 4.74 Å². The van der Waals surface area contributed by atoms with E-state index < -0.39 is 0 Å². The number of aliphatic hydroxyl groups is 1. The first kappa shape index (κ1) is 15.7. The molecular formula is C14H12Br2O3S. The molecule has 106 valence electrons. The number of ether oxygens (including phenoxy) is 1. The molecule has 0 spiro atoms. The van der Waals surface area contributed by atoms with Crippen molar-refractivity contribution in [3.05, 3.63) is 49.0 Å². The van der Waals surface area contributed by atoms with Crippen LogP contribution in [0.5, 0.6) is 5.75 Å². The van der Waals surface area contributed by atoms with Crippen LogP contribution in [-0.2, 0) is 6.42 Å². The molecule has 0 saturated heterocycles. The van der Waals surface area contributed by atoms with Crippen LogP contribution in [0.3, 0.4) is 0 Å². The Morgan fingerprint density at radius 1 is 1.25 bits per heavy atom. The number of rotatable bonds is 6. The average Bonchev–Trinajstić information content (AvgIpc) is 2.77. The molecule has 0 amide bonds. The Balaban J connectivity index is 1.94. The highest BCUT2D eigenvalue weighted by Crippen LogP contribution is 2.32. The molecule has 1 heterocycles. The third-order valence-electron chi connectivity index (χ3n) is 2.65. The van der Waals surface area contributed by atoms with Crippen LogP contribution in [0, 0.1) is 0 Å². The van der Waals surface area contributed by atoms with Crippen molar-refractivity contribution in [2.75, 3.05) is 13.2 Å². The van der Waals surface area contributed by atoms with E-state index in [9.17, 15) is 4.79 Å². The van der Waals surface area contributed by atoms with E-state index in [4.69, 9.17) is 9.84 Å². The van der Waals surface area contributed by atoms with Gasteiger partial charge in [0, 0.05) is 12.2 Å². The van der Waals surface area contributed by atoms with Gasteiger partial charge < -0.3 is 9.84 Å². The summed E-state index contributed by atoms with van der Waals surface area (Å²) in [6.07, 6.45) is 0.620. The van der Waals surface area contributed by atoms with Gasteiger partial charge in [-0.2, -0.15) is 0 Å². The monoisotopic (exact) mass is 418 g/mol. The van der Waals surface area contributed by atoms with Crippen LogP contribution >= 0.6 is 43.2 Å². The lowest BCUT2D eigenvalue weighted by Gasteiger charge is -2.06. The third kappa shape index (κ3) is 4.15. The highest BCUT2D eigenvalue weighted by Gasteiger charge is 2.14. The fourth-order valence-corrected chi connectivity index (χ4v) is 4.49. The lowest BCUT2D eigenvalue weighted by molar-refractivity contribution is 0.0921. The quantitative estimate of drug-likeness (QED) is 0.718. The summed E-state index contributed by atoms with van der Waals surface area (Å²) in [5.41, 5.74) is 1.66. The number of carbonyl (C=O) groups excluding carboxylic acids is 1. The van der Waals surface area contributed by atoms with E-state index in [-0.39, 0.29) is 19.0 Å². The standard InChI is InChI=1S/C14H12Br2O3S/c15-13-7-11(14(16)20-13)12(18)8-19-10-3-1-9(2-4-10)5-6-17/h1-4,7,17H,5-6,8H2. The van der Waals surface area contributed by atoms with Crippen LogP contribution in [0.4, 0.5) is 0 Å². The average molecular weight is 420 g/mol. The summed E-state index contributed by atoms with van der Waals surface area (Å²) in [7, 11) is 0. The van der Waals surface area contributed by atoms with Crippen molar-refractivity contribution in [3.63, 3.8) is 0 Å². The van der Waals surface area contributed by atoms with Crippen molar-refractivity contribution in [2.24, 2.45) is 0 Å². The number of hydrogen-bond donors (Lipinski definition) is 1. The Kier molecular flexibility index (Phi) is 5.77. The second-order valence-electron chi connectivity index (χ2n) is 4.07. The van der Waals surface area contributed by atoms with Crippen LogP contribution in [0.2, 0.25) is 0 Å². The van der Waals surface area contributed by atoms with Gasteiger partial charge in [-0.05, 0) is 62.0 Å². The Bertz CT molecular complexity index is 593. The first-order valence-corrected chi connectivity index (χ1v) is 8.31. The Labute approximate surface area is 137 Å². The summed E-state index contributed by atoms with van der Waals surface area (Å²) in [5, 5.41) is 8.84. The fourth-order valence-electron chi connectivity index (χ4n) is 1.64. The van der Waals surface area contributed by atoms with Gasteiger partial charge in [-0.25, -0.2) is 0 Å². The second-order valence-corrected chi connectivity index (χ2v) is 7.82. The van der Waals surface area contributed by atoms with Gasteiger partial charge in [0.15, 0.2) is 6.61 Å². The number of Topliss-reactive ketones (excluding diaryl/α,β-unsaturated/α-hetero) is 1. The minimum atomic E-state index is -0.0711. The van der Waals surface area contributed by atoms with Crippen molar-refractivity contribution in [2.45, 2.75) is 6.42 Å². The van der Waals surface area contributed by atoms with Gasteiger partial charge in [-0.3, -0.25) is 4.79 Å². The van der Waals surface area contributed by atoms with E-state index in [1.165, 1.54) is 11.3 Å². The topological polar surface area (TPSA) is 46.5 Å². The number of hydrogen-bond acceptors (Lipinski definition) is 4. The molecular weight excluding hydrogens is 408 g/mol. The van der Waals surface area contributed by atoms with Crippen molar-refractivity contribution >= 4 is 49.0 Å². The lowest BCUT2D eigenvalue weighted by Crippen LogP contribution is -2.11. The SMILES string of the molecule is O=C(COc1ccc(CCO)cc1)c1cc(Br)sc1Br. The number of carbonyl (C=O) groups is 1. The highest BCUT2D eigenvalue weighted by atomic mass is 79.9. The maximum Gasteiger partial charge on any atom is 0.202 e. The number of aliphatic hydroxyl groups excluding tert-OH is 1. The molecule has 2 aromatic rings. The van der Waals surface area contributed by atoms with Crippen LogP contribution in [0.15, 0.2) is 37.9 Å². The van der Waals surface area contributed by atoms with Gasteiger partial charge in [-0.15, -0.1) is 11.3 Å². The third-order valence-corrected chi connectivity index (χ3v) is 4.99. The van der Waals surface area contributed by atoms with E-state index in [1.54, 1.807) is 18.2 Å². The molecule has 0 aliphatic carbocycles. The summed E-state index contributed by atoms with van der Waals surface area (Å²) in [5.74, 6) is 0.573. The van der Waals surface area contributed by atoms with Crippen LogP contribution in [0.1, 0.15) is 15.9 Å². The molecule has 6 heteroatoms. The number of ketones is 1. The zero-order chi connectivity index (χ0) is 14.5. The number of thiophene rings is 1. The van der Waals surface area contributed by atoms with Gasteiger partial charge in [0.1, 0.15) is 5.75 Å². The second kappa shape index (κ2) is 7.36. The smallest absolute Gasteiger partial charge is 0.202 e. The van der Waals surface area contributed by atoms with Gasteiger partial charge in [0.2, 0.25) is 5.78 Å². The molecule has 0 saturated carbocycles. The first-order chi connectivity index (χ1) is 9.60. The van der Waals surface area contributed by atoms with Gasteiger partial charge in [0.05, 0.1) is 7.57 Å². The van der Waals surface area contributed by atoms with Gasteiger partial charge >= 0.3 is 0 Å². The lowest BCUT2D eigenvalue weighted by atomic mass is 10.1. The zero-order valence-corrected chi connectivity index (χ0v) is 14.4. The van der Waals surface area contributed by atoms with Crippen molar-refractivity contribution in [1.29, 1.82) is 0 Å². The molecule has 0 fully saturated rings. The molecule has 0 atom stereocenters. The maximum absolute atomic E-state index is 12.0. The summed E-state index contributed by atoms with van der Waals surface area (Å²) in [4.78, 5) is 12.0. The minimum Gasteiger partial charge on any atom is -0.485 e. The molecule has 1 aromatic carbocycles. The van der Waals surface area contributed by atoms with Crippen LogP contribution in [0.25, 0.3) is 0 Å². The number of benzene rings is 1. The molecule has 2 rings (SSSR count). The Hall–Kier alpha value is -0.690. The van der Waals surface area contributed by atoms with E-state index in [1.807, 2.05) is 12.1 Å². The summed E-state index contributed by atoms with van der Waals surface area (Å²) in [6, 6.07) is 9.15. The Morgan fingerprint density at radius 2 is 1.95 bits per heavy atom. The molecule has 0 aliphatic heterocycles. The van der Waals surface area contributed by atoms with Crippen molar-refractivity contribution in [1.82, 2.24) is 0 Å². The largest absolute Gasteiger partial charge is 0.485 e. The first-order valence-electron chi connectivity index (χ1n) is 5.91. The number of halogens is 2. The normalized spacial score (nSPS) is 10.6. The van der Waals surface area contributed by atoms with Gasteiger partial charge in [0.25, 0.3) is 0 Å². The van der Waals surface area contributed by atoms with Crippen LogP contribution in [-0.4, -0.2) is 24.1 Å². The molecule has 0 unspecified atom stereocenters. The molecule has 1 aromatic heterocycles. The molecule has 20 heavy (non-hydrogen) atoms. The van der Waals surface area contributed by atoms with E-state index in [0.717, 1.165) is 13.1 Å². The highest BCUT2D eigenvalue weighted by molar-refractivity contribution is 9.12. The molecule has 0 radical (unpaired) electrons. The maximum atomic E-state index is 12.0. The fraction of sp³-hybridized carbons (Fsp3) is 0.214. The van der Waals surface area contributed by atoms with Crippen molar-refractivity contribution < 1.29 is 14.6 Å². The van der Waals surface area contributed by atoms with E-state index in [0.29, 0.717) is 17.7 Å². The van der Waals surface area contributed by atoms with Crippen molar-refractivity contribution in [3.8, 4) is 5.75 Å².